The molecule has 0 saturated heterocycles. The number of benzene rings is 1. The van der Waals surface area contributed by atoms with E-state index in [1.807, 2.05) is 14.0 Å². The van der Waals surface area contributed by atoms with Gasteiger partial charge in [0.05, 0.1) is 18.6 Å². The Morgan fingerprint density at radius 2 is 2.14 bits per heavy atom. The molecule has 1 amide bonds. The van der Waals surface area contributed by atoms with Gasteiger partial charge in [0.2, 0.25) is 5.91 Å². The molecule has 0 unspecified atom stereocenters. The highest BCUT2D eigenvalue weighted by Crippen LogP contribution is 2.16. The van der Waals surface area contributed by atoms with Crippen molar-refractivity contribution in [2.75, 3.05) is 33.3 Å². The Bertz CT molecular complexity index is 522. The van der Waals surface area contributed by atoms with E-state index in [0.717, 1.165) is 25.2 Å². The summed E-state index contributed by atoms with van der Waals surface area (Å²) in [7, 11) is 1.96. The normalized spacial score (nSPS) is 10.5. The van der Waals surface area contributed by atoms with Crippen molar-refractivity contribution in [3.63, 3.8) is 0 Å². The fourth-order valence-electron chi connectivity index (χ4n) is 1.65. The Kier molecular flexibility index (Phi) is 7.31. The van der Waals surface area contributed by atoms with E-state index in [-0.39, 0.29) is 24.7 Å². The average Bonchev–Trinajstić information content (AvgIpc) is 2.46. The molecule has 0 aromatic heterocycles. The van der Waals surface area contributed by atoms with Crippen LogP contribution in [0.1, 0.15) is 23.7 Å². The number of hydrogen-bond donors (Lipinski definition) is 2. The quantitative estimate of drug-likeness (QED) is 0.720. The number of nitrogens with zero attached hydrogens (tertiary/aromatic N) is 1. The number of rotatable bonds is 9. The summed E-state index contributed by atoms with van der Waals surface area (Å²) in [6, 6.07) is 3.49. The van der Waals surface area contributed by atoms with Crippen LogP contribution in [0.25, 0.3) is 0 Å². The molecule has 0 radical (unpaired) electrons. The van der Waals surface area contributed by atoms with E-state index in [0.29, 0.717) is 6.54 Å². The lowest BCUT2D eigenvalue weighted by Gasteiger charge is -2.14. The smallest absolute Gasteiger partial charge is 0.338 e. The second-order valence-electron chi connectivity index (χ2n) is 4.79. The van der Waals surface area contributed by atoms with Crippen molar-refractivity contribution in [2.24, 2.45) is 0 Å². The van der Waals surface area contributed by atoms with Gasteiger partial charge in [-0.15, -0.1) is 0 Å². The van der Waals surface area contributed by atoms with Crippen LogP contribution in [-0.4, -0.2) is 55.2 Å². The molecule has 1 aromatic carbocycles. The van der Waals surface area contributed by atoms with E-state index in [1.165, 1.54) is 6.07 Å². The molecule has 0 saturated carbocycles. The number of amides is 1. The molecule has 0 spiro atoms. The summed E-state index contributed by atoms with van der Waals surface area (Å²) in [6.07, 6.45) is 0.151. The third-order valence-electron chi connectivity index (χ3n) is 3.12. The van der Waals surface area contributed by atoms with Crippen molar-refractivity contribution >= 4 is 11.9 Å². The van der Waals surface area contributed by atoms with Gasteiger partial charge in [-0.05, 0) is 25.7 Å². The molecule has 0 aliphatic heterocycles. The SMILES string of the molecule is CCN(C)CCNC(=O)CCOc1ccc(C(=O)O)c(F)c1. The number of halogens is 1. The van der Waals surface area contributed by atoms with Crippen molar-refractivity contribution in [1.82, 2.24) is 10.2 Å². The van der Waals surface area contributed by atoms with Crippen molar-refractivity contribution in [3.05, 3.63) is 29.6 Å². The number of carbonyl (C=O) groups is 2. The fraction of sp³-hybridized carbons (Fsp3) is 0.467. The zero-order valence-corrected chi connectivity index (χ0v) is 12.8. The third-order valence-corrected chi connectivity index (χ3v) is 3.12. The first-order chi connectivity index (χ1) is 10.4. The van der Waals surface area contributed by atoms with Gasteiger partial charge >= 0.3 is 5.97 Å². The largest absolute Gasteiger partial charge is 0.493 e. The molecular weight excluding hydrogens is 291 g/mol. The van der Waals surface area contributed by atoms with Crippen LogP contribution >= 0.6 is 0 Å². The van der Waals surface area contributed by atoms with Crippen molar-refractivity contribution in [3.8, 4) is 5.75 Å². The highest BCUT2D eigenvalue weighted by Gasteiger charge is 2.11. The van der Waals surface area contributed by atoms with Gasteiger partial charge in [0.1, 0.15) is 11.6 Å². The molecule has 0 fully saturated rings. The molecule has 2 N–H and O–H groups in total. The summed E-state index contributed by atoms with van der Waals surface area (Å²) in [6.45, 7) is 4.37. The number of likely N-dealkylation sites (N-methyl/N-ethyl adjacent to an activating group) is 1. The van der Waals surface area contributed by atoms with Gasteiger partial charge in [0.25, 0.3) is 0 Å². The molecular formula is C15H21FN2O4. The predicted octanol–water partition coefficient (Wildman–Crippen LogP) is 1.36. The Labute approximate surface area is 128 Å². The molecule has 122 valence electrons. The summed E-state index contributed by atoms with van der Waals surface area (Å²) in [4.78, 5) is 24.3. The van der Waals surface area contributed by atoms with Gasteiger partial charge in [-0.2, -0.15) is 0 Å². The Morgan fingerprint density at radius 3 is 2.73 bits per heavy atom. The number of carboxylic acids is 1. The fourth-order valence-corrected chi connectivity index (χ4v) is 1.65. The van der Waals surface area contributed by atoms with Gasteiger partial charge in [-0.3, -0.25) is 4.79 Å². The maximum absolute atomic E-state index is 13.4. The first-order valence-electron chi connectivity index (χ1n) is 7.05. The van der Waals surface area contributed by atoms with Crippen LogP contribution in [0.3, 0.4) is 0 Å². The van der Waals surface area contributed by atoms with Crippen molar-refractivity contribution in [2.45, 2.75) is 13.3 Å². The van der Waals surface area contributed by atoms with Gasteiger partial charge < -0.3 is 20.1 Å². The summed E-state index contributed by atoms with van der Waals surface area (Å²) in [5.41, 5.74) is -0.412. The van der Waals surface area contributed by atoms with E-state index in [9.17, 15) is 14.0 Å². The van der Waals surface area contributed by atoms with Crippen LogP contribution in [0.2, 0.25) is 0 Å². The summed E-state index contributed by atoms with van der Waals surface area (Å²) < 4.78 is 18.7. The molecule has 1 aromatic rings. The predicted molar refractivity (Wildman–Crippen MR) is 79.7 cm³/mol. The van der Waals surface area contributed by atoms with Gasteiger partial charge in [-0.25, -0.2) is 9.18 Å². The highest BCUT2D eigenvalue weighted by atomic mass is 19.1. The minimum absolute atomic E-state index is 0.0985. The van der Waals surface area contributed by atoms with Gasteiger partial charge in [-0.1, -0.05) is 6.92 Å². The molecule has 1 rings (SSSR count). The maximum Gasteiger partial charge on any atom is 0.338 e. The summed E-state index contributed by atoms with van der Waals surface area (Å²) in [5, 5.41) is 11.5. The second kappa shape index (κ2) is 8.99. The molecule has 6 nitrogen and oxygen atoms in total. The molecule has 0 bridgehead atoms. The van der Waals surface area contributed by atoms with Crippen LogP contribution in [0.5, 0.6) is 5.75 Å². The molecule has 0 atom stereocenters. The van der Waals surface area contributed by atoms with Crippen molar-refractivity contribution in [1.29, 1.82) is 0 Å². The van der Waals surface area contributed by atoms with Crippen LogP contribution in [0.15, 0.2) is 18.2 Å². The monoisotopic (exact) mass is 312 g/mol. The second-order valence-corrected chi connectivity index (χ2v) is 4.79. The van der Waals surface area contributed by atoms with E-state index >= 15 is 0 Å². The van der Waals surface area contributed by atoms with E-state index < -0.39 is 17.3 Å². The number of ether oxygens (including phenoxy) is 1. The Balaban J connectivity index is 2.30. The van der Waals surface area contributed by atoms with Gasteiger partial charge in [0.15, 0.2) is 0 Å². The minimum atomic E-state index is -1.33. The van der Waals surface area contributed by atoms with E-state index in [4.69, 9.17) is 9.84 Å². The first kappa shape index (κ1) is 17.9. The zero-order valence-electron chi connectivity index (χ0n) is 12.8. The molecule has 0 aliphatic rings. The van der Waals surface area contributed by atoms with Crippen LogP contribution < -0.4 is 10.1 Å². The minimum Gasteiger partial charge on any atom is -0.493 e. The first-order valence-corrected chi connectivity index (χ1v) is 7.05. The lowest BCUT2D eigenvalue weighted by Crippen LogP contribution is -2.33. The molecule has 0 heterocycles. The lowest BCUT2D eigenvalue weighted by atomic mass is 10.2. The lowest BCUT2D eigenvalue weighted by molar-refractivity contribution is -0.121. The van der Waals surface area contributed by atoms with Crippen molar-refractivity contribution < 1.29 is 23.8 Å². The topological polar surface area (TPSA) is 78.9 Å². The summed E-state index contributed by atoms with van der Waals surface area (Å²) >= 11 is 0. The number of nitrogens with one attached hydrogen (secondary N) is 1. The standard InChI is InChI=1S/C15H21FN2O4/c1-3-18(2)8-7-17-14(19)6-9-22-11-4-5-12(15(20)21)13(16)10-11/h4-5,10H,3,6-9H2,1-2H3,(H,17,19)(H,20,21). The van der Waals surface area contributed by atoms with E-state index in [2.05, 4.69) is 10.2 Å². The third kappa shape index (κ3) is 6.09. The Morgan fingerprint density at radius 1 is 1.41 bits per heavy atom. The van der Waals surface area contributed by atoms with Crippen LogP contribution in [0, 0.1) is 5.82 Å². The number of aromatic carboxylic acids is 1. The molecule has 0 aliphatic carbocycles. The molecule has 22 heavy (non-hydrogen) atoms. The highest BCUT2D eigenvalue weighted by molar-refractivity contribution is 5.88. The van der Waals surface area contributed by atoms with E-state index in [1.54, 1.807) is 0 Å². The number of carbonyl (C=O) groups excluding carboxylic acids is 1. The summed E-state index contributed by atoms with van der Waals surface area (Å²) in [5.74, 6) is -2.15. The van der Waals surface area contributed by atoms with Gasteiger partial charge in [0, 0.05) is 19.2 Å². The molecule has 7 heteroatoms. The zero-order chi connectivity index (χ0) is 16.5. The van der Waals surface area contributed by atoms with Crippen LogP contribution in [-0.2, 0) is 4.79 Å². The maximum atomic E-state index is 13.4. The Hall–Kier alpha value is -2.15. The number of carboxylic acid groups (broad SMARTS) is 1. The number of hydrogen-bond acceptors (Lipinski definition) is 4. The van der Waals surface area contributed by atoms with Crippen LogP contribution in [0.4, 0.5) is 4.39 Å². The average molecular weight is 312 g/mol.